The SMILES string of the molecule is Cc1cc(C)c(C2(O)CCc3cc(F)ccc32)c(F)c1. The fraction of sp³-hybridized carbons (Fsp3) is 0.294. The fourth-order valence-corrected chi connectivity index (χ4v) is 3.32. The molecule has 0 saturated carbocycles. The third-order valence-corrected chi connectivity index (χ3v) is 4.11. The van der Waals surface area contributed by atoms with Crippen LogP contribution >= 0.6 is 0 Å². The molecule has 1 atom stereocenters. The third-order valence-electron chi connectivity index (χ3n) is 4.11. The molecule has 1 N–H and O–H groups in total. The highest BCUT2D eigenvalue weighted by Gasteiger charge is 2.41. The van der Waals surface area contributed by atoms with Crippen LogP contribution in [0.15, 0.2) is 30.3 Å². The summed E-state index contributed by atoms with van der Waals surface area (Å²) < 4.78 is 27.6. The molecule has 1 aliphatic carbocycles. The van der Waals surface area contributed by atoms with E-state index < -0.39 is 11.4 Å². The molecule has 0 aromatic heterocycles. The molecule has 0 aliphatic heterocycles. The molecule has 1 aliphatic rings. The van der Waals surface area contributed by atoms with E-state index in [9.17, 15) is 13.9 Å². The fourth-order valence-electron chi connectivity index (χ4n) is 3.32. The van der Waals surface area contributed by atoms with Crippen LogP contribution < -0.4 is 0 Å². The van der Waals surface area contributed by atoms with Crippen molar-refractivity contribution in [2.24, 2.45) is 0 Å². The molecule has 0 spiro atoms. The number of aryl methyl sites for hydroxylation is 3. The lowest BCUT2D eigenvalue weighted by molar-refractivity contribution is 0.0781. The standard InChI is InChI=1S/C17H16F2O/c1-10-7-11(2)16(15(19)8-10)17(20)6-5-12-9-13(18)3-4-14(12)17/h3-4,7-9,20H,5-6H2,1-2H3. The topological polar surface area (TPSA) is 20.2 Å². The van der Waals surface area contributed by atoms with Gasteiger partial charge in [0.1, 0.15) is 17.2 Å². The molecular weight excluding hydrogens is 258 g/mol. The molecule has 3 heteroatoms. The van der Waals surface area contributed by atoms with Crippen molar-refractivity contribution in [2.75, 3.05) is 0 Å². The van der Waals surface area contributed by atoms with Crippen LogP contribution in [0, 0.1) is 25.5 Å². The minimum atomic E-state index is -1.36. The van der Waals surface area contributed by atoms with Gasteiger partial charge in [0.05, 0.1) is 0 Å². The van der Waals surface area contributed by atoms with Crippen molar-refractivity contribution in [1.29, 1.82) is 0 Å². The van der Waals surface area contributed by atoms with Gasteiger partial charge in [0.25, 0.3) is 0 Å². The Morgan fingerprint density at radius 3 is 2.55 bits per heavy atom. The summed E-state index contributed by atoms with van der Waals surface area (Å²) in [5.41, 5.74) is 1.88. The molecule has 0 saturated heterocycles. The maximum absolute atomic E-state index is 14.3. The summed E-state index contributed by atoms with van der Waals surface area (Å²) in [6, 6.07) is 7.60. The van der Waals surface area contributed by atoms with E-state index in [1.165, 1.54) is 18.2 Å². The van der Waals surface area contributed by atoms with Crippen molar-refractivity contribution in [2.45, 2.75) is 32.3 Å². The minimum Gasteiger partial charge on any atom is -0.380 e. The van der Waals surface area contributed by atoms with Crippen LogP contribution in [0.4, 0.5) is 8.78 Å². The van der Waals surface area contributed by atoms with Crippen molar-refractivity contribution in [1.82, 2.24) is 0 Å². The molecule has 1 unspecified atom stereocenters. The van der Waals surface area contributed by atoms with Crippen LogP contribution in [0.1, 0.15) is 34.2 Å². The highest BCUT2D eigenvalue weighted by molar-refractivity contribution is 5.49. The minimum absolute atomic E-state index is 0.313. The molecule has 2 aromatic rings. The number of aliphatic hydroxyl groups is 1. The van der Waals surface area contributed by atoms with Crippen molar-refractivity contribution in [3.8, 4) is 0 Å². The number of fused-ring (bicyclic) bond motifs is 1. The van der Waals surface area contributed by atoms with Gasteiger partial charge in [-0.05, 0) is 67.1 Å². The Morgan fingerprint density at radius 2 is 1.85 bits per heavy atom. The van der Waals surface area contributed by atoms with Gasteiger partial charge >= 0.3 is 0 Å². The third kappa shape index (κ3) is 1.85. The van der Waals surface area contributed by atoms with Gasteiger partial charge in [-0.3, -0.25) is 0 Å². The molecule has 0 bridgehead atoms. The first-order valence-corrected chi connectivity index (χ1v) is 6.70. The van der Waals surface area contributed by atoms with Crippen molar-refractivity contribution < 1.29 is 13.9 Å². The number of hydrogen-bond acceptors (Lipinski definition) is 1. The second-order valence-electron chi connectivity index (χ2n) is 5.60. The normalized spacial score (nSPS) is 21.1. The quantitative estimate of drug-likeness (QED) is 0.839. The van der Waals surface area contributed by atoms with Crippen LogP contribution in [-0.4, -0.2) is 5.11 Å². The van der Waals surface area contributed by atoms with Gasteiger partial charge in [0, 0.05) is 5.56 Å². The second kappa shape index (κ2) is 4.38. The van der Waals surface area contributed by atoms with Gasteiger partial charge in [0.2, 0.25) is 0 Å². The van der Waals surface area contributed by atoms with E-state index >= 15 is 0 Å². The first-order chi connectivity index (χ1) is 9.41. The Morgan fingerprint density at radius 1 is 1.10 bits per heavy atom. The smallest absolute Gasteiger partial charge is 0.130 e. The molecule has 0 heterocycles. The maximum Gasteiger partial charge on any atom is 0.130 e. The second-order valence-corrected chi connectivity index (χ2v) is 5.60. The monoisotopic (exact) mass is 274 g/mol. The molecular formula is C17H16F2O. The van der Waals surface area contributed by atoms with Gasteiger partial charge in [-0.25, -0.2) is 8.78 Å². The van der Waals surface area contributed by atoms with E-state index in [1.807, 2.05) is 13.0 Å². The Bertz CT molecular complexity index is 670. The van der Waals surface area contributed by atoms with E-state index in [-0.39, 0.29) is 5.82 Å². The van der Waals surface area contributed by atoms with Crippen molar-refractivity contribution in [3.05, 3.63) is 69.8 Å². The van der Waals surface area contributed by atoms with Crippen LogP contribution in [0.2, 0.25) is 0 Å². The average molecular weight is 274 g/mol. The highest BCUT2D eigenvalue weighted by atomic mass is 19.1. The van der Waals surface area contributed by atoms with Gasteiger partial charge in [0.15, 0.2) is 0 Å². The van der Waals surface area contributed by atoms with Gasteiger partial charge in [-0.1, -0.05) is 12.1 Å². The van der Waals surface area contributed by atoms with Crippen molar-refractivity contribution in [3.63, 3.8) is 0 Å². The molecule has 1 nitrogen and oxygen atoms in total. The zero-order valence-corrected chi connectivity index (χ0v) is 11.5. The molecule has 3 rings (SSSR count). The molecule has 20 heavy (non-hydrogen) atoms. The zero-order valence-electron chi connectivity index (χ0n) is 11.5. The van der Waals surface area contributed by atoms with Gasteiger partial charge < -0.3 is 5.11 Å². The summed E-state index contributed by atoms with van der Waals surface area (Å²) >= 11 is 0. The first-order valence-electron chi connectivity index (χ1n) is 6.70. The predicted molar refractivity (Wildman–Crippen MR) is 73.6 cm³/mol. The van der Waals surface area contributed by atoms with Gasteiger partial charge in [-0.2, -0.15) is 0 Å². The van der Waals surface area contributed by atoms with Crippen LogP contribution in [0.5, 0.6) is 0 Å². The number of halogens is 2. The van der Waals surface area contributed by atoms with Crippen LogP contribution in [0.3, 0.4) is 0 Å². The largest absolute Gasteiger partial charge is 0.380 e. The van der Waals surface area contributed by atoms with E-state index in [0.29, 0.717) is 24.0 Å². The molecule has 104 valence electrons. The summed E-state index contributed by atoms with van der Waals surface area (Å²) in [4.78, 5) is 0. The maximum atomic E-state index is 14.3. The molecule has 2 aromatic carbocycles. The molecule has 0 radical (unpaired) electrons. The average Bonchev–Trinajstić information content (AvgIpc) is 2.65. The molecule has 0 amide bonds. The predicted octanol–water partition coefficient (Wildman–Crippen LogP) is 3.76. The summed E-state index contributed by atoms with van der Waals surface area (Å²) in [6.45, 7) is 3.62. The van der Waals surface area contributed by atoms with E-state index in [0.717, 1.165) is 16.7 Å². The first kappa shape index (κ1) is 13.3. The Labute approximate surface area is 116 Å². The number of benzene rings is 2. The molecule has 0 fully saturated rings. The van der Waals surface area contributed by atoms with E-state index in [2.05, 4.69) is 0 Å². The lowest BCUT2D eigenvalue weighted by atomic mass is 9.84. The van der Waals surface area contributed by atoms with Crippen molar-refractivity contribution >= 4 is 0 Å². The number of hydrogen-bond donors (Lipinski definition) is 1. The van der Waals surface area contributed by atoms with Gasteiger partial charge in [-0.15, -0.1) is 0 Å². The summed E-state index contributed by atoms with van der Waals surface area (Å²) in [5, 5.41) is 11.0. The zero-order chi connectivity index (χ0) is 14.5. The van der Waals surface area contributed by atoms with Crippen LogP contribution in [-0.2, 0) is 12.0 Å². The van der Waals surface area contributed by atoms with E-state index in [4.69, 9.17) is 0 Å². The lowest BCUT2D eigenvalue weighted by Crippen LogP contribution is -2.26. The Hall–Kier alpha value is -1.74. The summed E-state index contributed by atoms with van der Waals surface area (Å²) in [6.07, 6.45) is 0.933. The number of rotatable bonds is 1. The van der Waals surface area contributed by atoms with Crippen LogP contribution in [0.25, 0.3) is 0 Å². The lowest BCUT2D eigenvalue weighted by Gasteiger charge is -2.27. The Kier molecular flexibility index (Phi) is 2.91. The highest BCUT2D eigenvalue weighted by Crippen LogP contribution is 2.44. The summed E-state index contributed by atoms with van der Waals surface area (Å²) in [5.74, 6) is -0.726. The summed E-state index contributed by atoms with van der Waals surface area (Å²) in [7, 11) is 0. The Balaban J connectivity index is 2.22. The van der Waals surface area contributed by atoms with E-state index in [1.54, 1.807) is 13.0 Å².